The number of hydrogen-bond acceptors (Lipinski definition) is 5. The van der Waals surface area contributed by atoms with Crippen LogP contribution in [0.1, 0.15) is 5.56 Å². The van der Waals surface area contributed by atoms with Crippen LogP contribution in [0.4, 0.5) is 6.01 Å². The molecule has 0 bridgehead atoms. The lowest BCUT2D eigenvalue weighted by atomic mass is 10.2. The Bertz CT molecular complexity index is 653. The van der Waals surface area contributed by atoms with Gasteiger partial charge in [-0.15, -0.1) is 6.58 Å². The molecule has 1 aromatic heterocycles. The van der Waals surface area contributed by atoms with Crippen LogP contribution in [0.25, 0.3) is 5.69 Å². The van der Waals surface area contributed by atoms with E-state index in [9.17, 15) is 5.11 Å². The molecule has 0 fully saturated rings. The lowest BCUT2D eigenvalue weighted by Gasteiger charge is -2.06. The molecule has 1 aromatic carbocycles. The highest BCUT2D eigenvalue weighted by atomic mass is 35.5. The standard InChI is InChI=1S/C12H12ClN5O2/c1-3-7-14-11(19)15-12-16-18(17-20-12)10-6-4-5-9(13)8(10)2/h3-6H,1,7H2,2H3,(H-,14,15,16,17,19). The Morgan fingerprint density at radius 2 is 2.45 bits per heavy atom. The summed E-state index contributed by atoms with van der Waals surface area (Å²) in [4.78, 5) is 4.87. The zero-order valence-electron chi connectivity index (χ0n) is 10.7. The van der Waals surface area contributed by atoms with E-state index in [2.05, 4.69) is 27.3 Å². The van der Waals surface area contributed by atoms with Crippen molar-refractivity contribution in [2.24, 2.45) is 4.99 Å². The number of aliphatic imine (C=N–C) groups is 1. The number of nitrogens with zero attached hydrogens (tertiary/aromatic N) is 4. The fraction of sp³-hybridized carbons (Fsp3) is 0.167. The smallest absolute Gasteiger partial charge is 0.394 e. The molecule has 1 heterocycles. The molecule has 104 valence electrons. The molecule has 2 aromatic rings. The minimum atomic E-state index is -0.580. The molecule has 0 saturated heterocycles. The third-order valence-electron chi connectivity index (χ3n) is 2.42. The summed E-state index contributed by atoms with van der Waals surface area (Å²) in [5, 5.41) is 22.0. The number of amidine groups is 1. The maximum absolute atomic E-state index is 11.4. The van der Waals surface area contributed by atoms with Crippen LogP contribution in [0, 0.1) is 6.92 Å². The maximum atomic E-state index is 11.4. The number of aromatic nitrogens is 3. The minimum Gasteiger partial charge on any atom is -0.846 e. The van der Waals surface area contributed by atoms with Gasteiger partial charge in [0.15, 0.2) is 0 Å². The molecule has 0 aliphatic heterocycles. The van der Waals surface area contributed by atoms with Crippen molar-refractivity contribution in [2.75, 3.05) is 11.9 Å². The van der Waals surface area contributed by atoms with E-state index in [0.29, 0.717) is 10.7 Å². The Morgan fingerprint density at radius 1 is 1.65 bits per heavy atom. The Balaban J connectivity index is 2.21. The minimum absolute atomic E-state index is 0.0535. The molecule has 0 atom stereocenters. The van der Waals surface area contributed by atoms with Gasteiger partial charge in [-0.2, -0.15) is 0 Å². The van der Waals surface area contributed by atoms with Crippen molar-refractivity contribution in [3.8, 4) is 5.69 Å². The van der Waals surface area contributed by atoms with Crippen LogP contribution < -0.4 is 15.2 Å². The van der Waals surface area contributed by atoms with Gasteiger partial charge in [0.05, 0.1) is 22.7 Å². The van der Waals surface area contributed by atoms with Gasteiger partial charge in [0.1, 0.15) is 4.80 Å². The Hall–Kier alpha value is -2.41. The SMILES string of the molecule is C=CCN=C([O-])Nc1n[n+](-c2cccc(Cl)c2C)no1. The van der Waals surface area contributed by atoms with Gasteiger partial charge in [-0.1, -0.05) is 23.7 Å². The molecule has 0 aliphatic rings. The van der Waals surface area contributed by atoms with E-state index >= 15 is 0 Å². The van der Waals surface area contributed by atoms with Crippen LogP contribution in [0.3, 0.4) is 0 Å². The molecule has 0 radical (unpaired) electrons. The van der Waals surface area contributed by atoms with Gasteiger partial charge < -0.3 is 5.11 Å². The van der Waals surface area contributed by atoms with Gasteiger partial charge in [-0.25, -0.2) is 0 Å². The largest absolute Gasteiger partial charge is 0.846 e. The van der Waals surface area contributed by atoms with Crippen molar-refractivity contribution in [1.29, 1.82) is 0 Å². The third kappa shape index (κ3) is 3.12. The summed E-state index contributed by atoms with van der Waals surface area (Å²) in [5.41, 5.74) is 1.46. The summed E-state index contributed by atoms with van der Waals surface area (Å²) in [7, 11) is 0. The number of benzene rings is 1. The lowest BCUT2D eigenvalue weighted by molar-refractivity contribution is -0.725. The average Bonchev–Trinajstić information content (AvgIpc) is 2.88. The normalized spacial score (nSPS) is 11.4. The van der Waals surface area contributed by atoms with Crippen molar-refractivity contribution in [3.63, 3.8) is 0 Å². The molecular formula is C12H12ClN5O2. The Kier molecular flexibility index (Phi) is 4.31. The summed E-state index contributed by atoms with van der Waals surface area (Å²) < 4.78 is 4.91. The van der Waals surface area contributed by atoms with Crippen molar-refractivity contribution < 1.29 is 14.4 Å². The Morgan fingerprint density at radius 3 is 3.20 bits per heavy atom. The van der Waals surface area contributed by atoms with E-state index < -0.39 is 6.02 Å². The molecule has 0 saturated carbocycles. The third-order valence-corrected chi connectivity index (χ3v) is 2.83. The maximum Gasteiger partial charge on any atom is 0.394 e. The van der Waals surface area contributed by atoms with E-state index in [1.54, 1.807) is 18.2 Å². The van der Waals surface area contributed by atoms with Crippen LogP contribution in [0.15, 0.2) is 40.4 Å². The van der Waals surface area contributed by atoms with Crippen LogP contribution in [0.5, 0.6) is 0 Å². The van der Waals surface area contributed by atoms with E-state index in [1.807, 2.05) is 6.92 Å². The first kappa shape index (κ1) is 14.0. The fourth-order valence-electron chi connectivity index (χ4n) is 1.44. The van der Waals surface area contributed by atoms with Crippen molar-refractivity contribution in [1.82, 2.24) is 10.4 Å². The summed E-state index contributed by atoms with van der Waals surface area (Å²) >= 11 is 6.02. The second-order valence-electron chi connectivity index (χ2n) is 3.81. The van der Waals surface area contributed by atoms with Gasteiger partial charge in [-0.3, -0.25) is 14.8 Å². The van der Waals surface area contributed by atoms with Crippen LogP contribution in [-0.2, 0) is 0 Å². The second-order valence-corrected chi connectivity index (χ2v) is 4.22. The van der Waals surface area contributed by atoms with Gasteiger partial charge in [0.25, 0.3) is 5.69 Å². The average molecular weight is 294 g/mol. The first-order valence-electron chi connectivity index (χ1n) is 5.73. The summed E-state index contributed by atoms with van der Waals surface area (Å²) in [6, 6.07) is 4.68. The van der Waals surface area contributed by atoms with Crippen molar-refractivity contribution in [2.45, 2.75) is 6.92 Å². The number of rotatable bonds is 4. The number of hydrogen-bond donors (Lipinski definition) is 1. The molecule has 2 rings (SSSR count). The summed E-state index contributed by atoms with van der Waals surface area (Å²) in [6.45, 7) is 5.51. The summed E-state index contributed by atoms with van der Waals surface area (Å²) in [5.74, 6) is 0. The number of nitrogens with one attached hydrogen (secondary N) is 1. The lowest BCUT2D eigenvalue weighted by Crippen LogP contribution is -2.37. The van der Waals surface area contributed by atoms with Crippen molar-refractivity contribution >= 4 is 23.6 Å². The van der Waals surface area contributed by atoms with E-state index in [-0.39, 0.29) is 12.6 Å². The predicted molar refractivity (Wildman–Crippen MR) is 71.7 cm³/mol. The van der Waals surface area contributed by atoms with Crippen LogP contribution >= 0.6 is 11.6 Å². The molecule has 1 N–H and O–H groups in total. The molecule has 0 aliphatic carbocycles. The van der Waals surface area contributed by atoms with Gasteiger partial charge in [0, 0.05) is 11.6 Å². The van der Waals surface area contributed by atoms with Crippen LogP contribution in [-0.4, -0.2) is 22.9 Å². The monoisotopic (exact) mass is 293 g/mol. The number of halogens is 1. The highest BCUT2D eigenvalue weighted by Gasteiger charge is 2.20. The fourth-order valence-corrected chi connectivity index (χ4v) is 1.61. The number of anilines is 1. The molecular weight excluding hydrogens is 282 g/mol. The van der Waals surface area contributed by atoms with Gasteiger partial charge in [0.2, 0.25) is 5.27 Å². The molecule has 8 heteroatoms. The molecule has 0 amide bonds. The van der Waals surface area contributed by atoms with Crippen molar-refractivity contribution in [3.05, 3.63) is 41.4 Å². The van der Waals surface area contributed by atoms with Gasteiger partial charge >= 0.3 is 6.01 Å². The predicted octanol–water partition coefficient (Wildman–Crippen LogP) is 0.622. The molecule has 7 nitrogen and oxygen atoms in total. The first-order valence-corrected chi connectivity index (χ1v) is 6.11. The summed E-state index contributed by atoms with van der Waals surface area (Å²) in [6.07, 6.45) is 1.50. The molecule has 0 unspecified atom stereocenters. The van der Waals surface area contributed by atoms with E-state index in [0.717, 1.165) is 5.56 Å². The second kappa shape index (κ2) is 6.16. The zero-order valence-corrected chi connectivity index (χ0v) is 11.5. The molecule has 0 spiro atoms. The van der Waals surface area contributed by atoms with E-state index in [1.165, 1.54) is 10.9 Å². The zero-order chi connectivity index (χ0) is 14.5. The Labute approximate surface area is 120 Å². The van der Waals surface area contributed by atoms with Gasteiger partial charge in [-0.05, 0) is 13.0 Å². The molecule has 20 heavy (non-hydrogen) atoms. The topological polar surface area (TPSA) is 90.2 Å². The quantitative estimate of drug-likeness (QED) is 0.386. The first-order chi connectivity index (χ1) is 9.61. The highest BCUT2D eigenvalue weighted by Crippen LogP contribution is 2.18. The van der Waals surface area contributed by atoms with Crippen LogP contribution in [0.2, 0.25) is 5.02 Å². The highest BCUT2D eigenvalue weighted by molar-refractivity contribution is 6.31. The van der Waals surface area contributed by atoms with E-state index in [4.69, 9.17) is 16.1 Å².